The molecule has 0 aliphatic heterocycles. The Balaban J connectivity index is 3.59. The van der Waals surface area contributed by atoms with Crippen LogP contribution in [0.25, 0.3) is 0 Å². The van der Waals surface area contributed by atoms with Gasteiger partial charge in [0.2, 0.25) is 5.91 Å². The lowest BCUT2D eigenvalue weighted by Gasteiger charge is -2.22. The van der Waals surface area contributed by atoms with E-state index in [0.29, 0.717) is 12.8 Å². The topological polar surface area (TPSA) is 69.6 Å². The second-order valence-corrected chi connectivity index (χ2v) is 10.9. The zero-order valence-electron chi connectivity index (χ0n) is 24.3. The van der Waals surface area contributed by atoms with Crippen molar-refractivity contribution in [1.29, 1.82) is 0 Å². The van der Waals surface area contributed by atoms with Crippen molar-refractivity contribution in [1.82, 2.24) is 5.32 Å². The lowest BCUT2D eigenvalue weighted by molar-refractivity contribution is -0.123. The van der Waals surface area contributed by atoms with Crippen LogP contribution in [0.4, 0.5) is 0 Å². The third-order valence-corrected chi connectivity index (χ3v) is 7.28. The van der Waals surface area contributed by atoms with Gasteiger partial charge < -0.3 is 15.5 Å². The Kier molecular flexibility index (Phi) is 28.0. The molecule has 0 aromatic carbocycles. The number of carbonyl (C=O) groups excluding carboxylic acids is 1. The summed E-state index contributed by atoms with van der Waals surface area (Å²) in [6.07, 6.45) is 32.5. The minimum absolute atomic E-state index is 0.0401. The maximum absolute atomic E-state index is 12.2. The van der Waals surface area contributed by atoms with Crippen LogP contribution in [0.5, 0.6) is 0 Å². The molecule has 0 saturated carbocycles. The summed E-state index contributed by atoms with van der Waals surface area (Å²) < 4.78 is 0. The smallest absolute Gasteiger partial charge is 0.220 e. The number of aliphatic hydroxyl groups excluding tert-OH is 2. The molecule has 0 bridgehead atoms. The quantitative estimate of drug-likeness (QED) is 0.0729. The van der Waals surface area contributed by atoms with E-state index in [1.165, 1.54) is 116 Å². The molecular weight excluding hydrogens is 446 g/mol. The molecule has 0 rings (SSSR count). The molecule has 2 unspecified atom stereocenters. The van der Waals surface area contributed by atoms with Crippen LogP contribution in [0.3, 0.4) is 0 Å². The van der Waals surface area contributed by atoms with Gasteiger partial charge >= 0.3 is 0 Å². The summed E-state index contributed by atoms with van der Waals surface area (Å²) in [4.78, 5) is 12.2. The van der Waals surface area contributed by atoms with Gasteiger partial charge in [-0.25, -0.2) is 0 Å². The van der Waals surface area contributed by atoms with Gasteiger partial charge in [0.1, 0.15) is 0 Å². The highest BCUT2D eigenvalue weighted by Gasteiger charge is 2.19. The lowest BCUT2D eigenvalue weighted by atomic mass is 10.0. The number of aliphatic hydroxyl groups is 2. The van der Waals surface area contributed by atoms with Gasteiger partial charge in [-0.1, -0.05) is 135 Å². The Hall–Kier alpha value is -0.870. The highest BCUT2D eigenvalue weighted by molar-refractivity contribution is 5.76. The SMILES string of the molecule is CCCCCC/C=C\CCCCCCCCCC(=O)NC(CO)C(O)CCCCCCCCCCC. The minimum atomic E-state index is -0.653. The Bertz CT molecular complexity index is 480. The number of amides is 1. The molecule has 4 nitrogen and oxygen atoms in total. The molecule has 36 heavy (non-hydrogen) atoms. The lowest BCUT2D eigenvalue weighted by Crippen LogP contribution is -2.45. The van der Waals surface area contributed by atoms with Crippen molar-refractivity contribution in [3.63, 3.8) is 0 Å². The highest BCUT2D eigenvalue weighted by atomic mass is 16.3. The van der Waals surface area contributed by atoms with Crippen LogP contribution in [0, 0.1) is 0 Å². The summed E-state index contributed by atoms with van der Waals surface area (Å²) in [5.41, 5.74) is 0. The molecule has 0 aliphatic rings. The van der Waals surface area contributed by atoms with Crippen molar-refractivity contribution in [3.05, 3.63) is 12.2 Å². The molecule has 0 radical (unpaired) electrons. The standard InChI is InChI=1S/C32H63NO3/c1-3-5-7-9-11-13-14-15-16-17-18-20-22-24-26-28-32(36)33-30(29-34)31(35)27-25-23-21-19-12-10-8-6-4-2/h13-14,30-31,34-35H,3-12,15-29H2,1-2H3,(H,33,36)/b14-13-. The van der Waals surface area contributed by atoms with Gasteiger partial charge in [-0.3, -0.25) is 4.79 Å². The minimum Gasteiger partial charge on any atom is -0.394 e. The molecule has 0 fully saturated rings. The van der Waals surface area contributed by atoms with Gasteiger partial charge in [0.25, 0.3) is 0 Å². The molecule has 0 spiro atoms. The number of rotatable bonds is 28. The second-order valence-electron chi connectivity index (χ2n) is 10.9. The average molecular weight is 510 g/mol. The Morgan fingerprint density at radius 1 is 0.639 bits per heavy atom. The van der Waals surface area contributed by atoms with E-state index in [1.54, 1.807) is 0 Å². The third-order valence-electron chi connectivity index (χ3n) is 7.28. The number of hydrogen-bond acceptors (Lipinski definition) is 3. The van der Waals surface area contributed by atoms with E-state index in [0.717, 1.165) is 25.7 Å². The summed E-state index contributed by atoms with van der Waals surface area (Å²) in [6, 6.07) is -0.531. The van der Waals surface area contributed by atoms with E-state index in [9.17, 15) is 15.0 Å². The van der Waals surface area contributed by atoms with Gasteiger partial charge in [0, 0.05) is 6.42 Å². The second kappa shape index (κ2) is 28.7. The van der Waals surface area contributed by atoms with Crippen molar-refractivity contribution in [2.24, 2.45) is 0 Å². The predicted octanol–water partition coefficient (Wildman–Crippen LogP) is 8.78. The van der Waals surface area contributed by atoms with Gasteiger partial charge in [-0.2, -0.15) is 0 Å². The zero-order valence-corrected chi connectivity index (χ0v) is 24.3. The molecule has 214 valence electrons. The fourth-order valence-electron chi connectivity index (χ4n) is 4.76. The molecular formula is C32H63NO3. The largest absolute Gasteiger partial charge is 0.394 e. The van der Waals surface area contributed by atoms with Crippen molar-refractivity contribution in [2.45, 2.75) is 180 Å². The number of allylic oxidation sites excluding steroid dienone is 2. The van der Waals surface area contributed by atoms with E-state index in [1.807, 2.05) is 0 Å². The molecule has 2 atom stereocenters. The normalized spacial score (nSPS) is 13.3. The van der Waals surface area contributed by atoms with Crippen LogP contribution in [0.2, 0.25) is 0 Å². The first kappa shape index (κ1) is 35.1. The van der Waals surface area contributed by atoms with E-state index in [2.05, 4.69) is 31.3 Å². The first-order chi connectivity index (χ1) is 17.7. The van der Waals surface area contributed by atoms with Crippen molar-refractivity contribution in [2.75, 3.05) is 6.61 Å². The van der Waals surface area contributed by atoms with Gasteiger partial charge in [0.15, 0.2) is 0 Å². The van der Waals surface area contributed by atoms with Crippen molar-refractivity contribution < 1.29 is 15.0 Å². The molecule has 1 amide bonds. The van der Waals surface area contributed by atoms with E-state index in [-0.39, 0.29) is 12.5 Å². The molecule has 4 heteroatoms. The molecule has 0 aromatic rings. The zero-order chi connectivity index (χ0) is 26.5. The van der Waals surface area contributed by atoms with Crippen molar-refractivity contribution in [3.8, 4) is 0 Å². The molecule has 0 aliphatic carbocycles. The van der Waals surface area contributed by atoms with E-state index < -0.39 is 12.1 Å². The van der Waals surface area contributed by atoms with Gasteiger partial charge in [0.05, 0.1) is 18.8 Å². The molecule has 0 aromatic heterocycles. The third kappa shape index (κ3) is 24.8. The van der Waals surface area contributed by atoms with Gasteiger partial charge in [-0.05, 0) is 38.5 Å². The Labute approximate surface area is 225 Å². The van der Waals surface area contributed by atoms with Crippen LogP contribution >= 0.6 is 0 Å². The molecule has 3 N–H and O–H groups in total. The molecule has 0 saturated heterocycles. The highest BCUT2D eigenvalue weighted by Crippen LogP contribution is 2.14. The summed E-state index contributed by atoms with van der Waals surface area (Å²) in [7, 11) is 0. The first-order valence-corrected chi connectivity index (χ1v) is 15.9. The van der Waals surface area contributed by atoms with Crippen LogP contribution in [0.1, 0.15) is 168 Å². The van der Waals surface area contributed by atoms with Gasteiger partial charge in [-0.15, -0.1) is 0 Å². The number of hydrogen-bond donors (Lipinski definition) is 3. The predicted molar refractivity (Wildman–Crippen MR) is 156 cm³/mol. The van der Waals surface area contributed by atoms with E-state index >= 15 is 0 Å². The van der Waals surface area contributed by atoms with E-state index in [4.69, 9.17) is 0 Å². The monoisotopic (exact) mass is 509 g/mol. The maximum Gasteiger partial charge on any atom is 0.220 e. The summed E-state index contributed by atoms with van der Waals surface area (Å²) in [5, 5.41) is 22.8. The number of unbranched alkanes of at least 4 members (excludes halogenated alkanes) is 19. The number of nitrogens with one attached hydrogen (secondary N) is 1. The summed E-state index contributed by atoms with van der Waals surface area (Å²) in [6.45, 7) is 4.30. The maximum atomic E-state index is 12.2. The van der Waals surface area contributed by atoms with Crippen LogP contribution < -0.4 is 5.32 Å². The summed E-state index contributed by atoms with van der Waals surface area (Å²) >= 11 is 0. The first-order valence-electron chi connectivity index (χ1n) is 15.9. The Morgan fingerprint density at radius 3 is 1.56 bits per heavy atom. The molecule has 0 heterocycles. The van der Waals surface area contributed by atoms with Crippen LogP contribution in [0.15, 0.2) is 12.2 Å². The summed E-state index contributed by atoms with van der Waals surface area (Å²) in [5.74, 6) is -0.0401. The van der Waals surface area contributed by atoms with Crippen LogP contribution in [-0.2, 0) is 4.79 Å². The average Bonchev–Trinajstić information content (AvgIpc) is 2.88. The Morgan fingerprint density at radius 2 is 1.06 bits per heavy atom. The fourth-order valence-corrected chi connectivity index (χ4v) is 4.76. The fraction of sp³-hybridized carbons (Fsp3) is 0.906. The van der Waals surface area contributed by atoms with Crippen LogP contribution in [-0.4, -0.2) is 34.9 Å². The number of carbonyl (C=O) groups is 1. The van der Waals surface area contributed by atoms with Crippen molar-refractivity contribution >= 4 is 5.91 Å².